The second-order valence-corrected chi connectivity index (χ2v) is 15.8. The SMILES string of the molecule is CC(=O)N(O)CCCCCNC(=O)CCC(=O)N(O)CCCCCNC(=O)CCC(=O)N(O)CCCCCNC(=O)CC12CC3CC(CC(O)(C3)C1)C2. The van der Waals surface area contributed by atoms with Gasteiger partial charge in [0, 0.05) is 78.3 Å². The van der Waals surface area contributed by atoms with E-state index in [1.807, 2.05) is 0 Å². The first-order valence-corrected chi connectivity index (χ1v) is 19.7. The van der Waals surface area contributed by atoms with Gasteiger partial charge in [0.25, 0.3) is 0 Å². The van der Waals surface area contributed by atoms with Gasteiger partial charge in [0.1, 0.15) is 0 Å². The highest BCUT2D eigenvalue weighted by atomic mass is 16.5. The van der Waals surface area contributed by atoms with Crippen molar-refractivity contribution in [3.63, 3.8) is 0 Å². The Morgan fingerprint density at radius 1 is 0.566 bits per heavy atom. The third kappa shape index (κ3) is 16.3. The largest absolute Gasteiger partial charge is 0.390 e. The summed E-state index contributed by atoms with van der Waals surface area (Å²) in [5.74, 6) is -0.996. The highest BCUT2D eigenvalue weighted by molar-refractivity contribution is 5.83. The predicted molar refractivity (Wildman–Crippen MR) is 192 cm³/mol. The molecule has 0 aromatic rings. The molecule has 0 aromatic heterocycles. The number of rotatable bonds is 26. The van der Waals surface area contributed by atoms with Crippen molar-refractivity contribution in [1.82, 2.24) is 31.1 Å². The molecule has 2 atom stereocenters. The van der Waals surface area contributed by atoms with Gasteiger partial charge < -0.3 is 21.1 Å². The summed E-state index contributed by atoms with van der Waals surface area (Å²) in [6, 6.07) is 0. The molecule has 7 N–H and O–H groups in total. The number of nitrogens with zero attached hydrogens (tertiary/aromatic N) is 3. The summed E-state index contributed by atoms with van der Waals surface area (Å²) in [5, 5.41) is 50.6. The molecule has 0 spiro atoms. The van der Waals surface area contributed by atoms with E-state index in [1.165, 1.54) is 13.3 Å². The van der Waals surface area contributed by atoms with Gasteiger partial charge in [-0.25, -0.2) is 15.2 Å². The summed E-state index contributed by atoms with van der Waals surface area (Å²) < 4.78 is 0. The zero-order valence-corrected chi connectivity index (χ0v) is 31.6. The van der Waals surface area contributed by atoms with Crippen molar-refractivity contribution in [2.24, 2.45) is 17.3 Å². The van der Waals surface area contributed by atoms with Crippen LogP contribution >= 0.6 is 0 Å². The molecule has 4 rings (SSSR count). The molecule has 0 aromatic carbocycles. The fourth-order valence-electron chi connectivity index (χ4n) is 8.67. The van der Waals surface area contributed by atoms with Crippen LogP contribution < -0.4 is 16.0 Å². The van der Waals surface area contributed by atoms with E-state index in [9.17, 15) is 49.5 Å². The number of nitrogens with one attached hydrogen (secondary N) is 3. The van der Waals surface area contributed by atoms with Gasteiger partial charge in [-0.3, -0.25) is 44.4 Å². The molecular weight excluding hydrogens is 688 g/mol. The molecule has 4 fully saturated rings. The van der Waals surface area contributed by atoms with Crippen LogP contribution in [0.25, 0.3) is 0 Å². The average Bonchev–Trinajstić information content (AvgIpc) is 3.08. The molecule has 16 nitrogen and oxygen atoms in total. The molecule has 302 valence electrons. The Hall–Kier alpha value is -3.34. The monoisotopic (exact) mass is 752 g/mol. The second-order valence-electron chi connectivity index (χ2n) is 15.8. The summed E-state index contributed by atoms with van der Waals surface area (Å²) in [6.45, 7) is 3.05. The van der Waals surface area contributed by atoms with E-state index in [-0.39, 0.29) is 68.5 Å². The maximum Gasteiger partial charge on any atom is 0.246 e. The maximum atomic E-state index is 12.7. The minimum Gasteiger partial charge on any atom is -0.390 e. The van der Waals surface area contributed by atoms with E-state index >= 15 is 0 Å². The summed E-state index contributed by atoms with van der Waals surface area (Å²) in [6.07, 6.45) is 11.6. The van der Waals surface area contributed by atoms with Crippen molar-refractivity contribution in [3.8, 4) is 0 Å². The van der Waals surface area contributed by atoms with Gasteiger partial charge in [-0.05, 0) is 114 Å². The molecule has 53 heavy (non-hydrogen) atoms. The Morgan fingerprint density at radius 3 is 1.40 bits per heavy atom. The van der Waals surface area contributed by atoms with Crippen molar-refractivity contribution in [3.05, 3.63) is 0 Å². The molecule has 4 saturated carbocycles. The van der Waals surface area contributed by atoms with Crippen LogP contribution in [0.5, 0.6) is 0 Å². The number of unbranched alkanes of at least 4 members (excludes halogenated alkanes) is 6. The fraction of sp³-hybridized carbons (Fsp3) is 0.838. The Labute approximate surface area is 313 Å². The Bertz CT molecular complexity index is 1220. The van der Waals surface area contributed by atoms with Crippen LogP contribution in [0, 0.1) is 17.3 Å². The number of amides is 6. The average molecular weight is 753 g/mol. The number of carbonyl (C=O) groups is 6. The summed E-state index contributed by atoms with van der Waals surface area (Å²) in [7, 11) is 0. The van der Waals surface area contributed by atoms with Crippen molar-refractivity contribution in [2.45, 2.75) is 141 Å². The molecule has 4 bridgehead atoms. The van der Waals surface area contributed by atoms with Gasteiger partial charge in [0.05, 0.1) is 5.60 Å². The number of hydrogen-bond donors (Lipinski definition) is 7. The van der Waals surface area contributed by atoms with E-state index in [0.29, 0.717) is 98.0 Å². The number of hydrogen-bond acceptors (Lipinski definition) is 10. The minimum atomic E-state index is -0.571. The first-order chi connectivity index (χ1) is 25.2. The zero-order chi connectivity index (χ0) is 38.9. The normalized spacial score (nSPS) is 22.6. The lowest BCUT2D eigenvalue weighted by Gasteiger charge is -2.60. The Balaban J connectivity index is 1.10. The molecule has 16 heteroatoms. The highest BCUT2D eigenvalue weighted by Crippen LogP contribution is 2.62. The molecule has 4 aliphatic carbocycles. The van der Waals surface area contributed by atoms with Crippen LogP contribution in [0.1, 0.15) is 135 Å². The third-order valence-corrected chi connectivity index (χ3v) is 10.9. The predicted octanol–water partition coefficient (Wildman–Crippen LogP) is 2.80. The summed E-state index contributed by atoms with van der Waals surface area (Å²) >= 11 is 0. The molecule has 2 unspecified atom stereocenters. The van der Waals surface area contributed by atoms with Crippen molar-refractivity contribution in [2.75, 3.05) is 39.3 Å². The topological polar surface area (TPSA) is 229 Å². The van der Waals surface area contributed by atoms with Gasteiger partial charge in [0.15, 0.2) is 0 Å². The van der Waals surface area contributed by atoms with Crippen LogP contribution in [0.3, 0.4) is 0 Å². The van der Waals surface area contributed by atoms with E-state index in [4.69, 9.17) is 0 Å². The van der Waals surface area contributed by atoms with Gasteiger partial charge in [0.2, 0.25) is 35.4 Å². The molecule has 0 heterocycles. The van der Waals surface area contributed by atoms with Gasteiger partial charge >= 0.3 is 0 Å². The van der Waals surface area contributed by atoms with E-state index < -0.39 is 23.3 Å². The summed E-state index contributed by atoms with van der Waals surface area (Å²) in [5.41, 5.74) is -0.625. The number of hydroxylamine groups is 6. The molecule has 0 aliphatic heterocycles. The molecule has 4 aliphatic rings. The van der Waals surface area contributed by atoms with Crippen LogP contribution in [0.4, 0.5) is 0 Å². The summed E-state index contributed by atoms with van der Waals surface area (Å²) in [4.78, 5) is 72.0. The number of carbonyl (C=O) groups excluding carboxylic acids is 6. The Morgan fingerprint density at radius 2 is 0.981 bits per heavy atom. The Kier molecular flexibility index (Phi) is 18.4. The zero-order valence-electron chi connectivity index (χ0n) is 31.6. The van der Waals surface area contributed by atoms with E-state index in [0.717, 1.165) is 44.9 Å². The van der Waals surface area contributed by atoms with Gasteiger partial charge in [-0.1, -0.05) is 0 Å². The lowest BCUT2D eigenvalue weighted by molar-refractivity contribution is -0.169. The number of aliphatic hydroxyl groups is 1. The van der Waals surface area contributed by atoms with Crippen LogP contribution in [0.2, 0.25) is 0 Å². The molecule has 0 radical (unpaired) electrons. The second kappa shape index (κ2) is 22.1. The van der Waals surface area contributed by atoms with E-state index in [2.05, 4.69) is 16.0 Å². The lowest BCUT2D eigenvalue weighted by atomic mass is 9.47. The molecular formula is C37H64N6O10. The standard InChI is InChI=1S/C37H64N6O10/c1-28(44)41(51)18-8-2-5-15-38-31(45)11-13-34(48)42(52)19-9-3-6-16-39-32(46)12-14-35(49)43(53)20-10-4-7-17-40-33(47)26-36-22-29-21-30(23-36)25-37(50,24-29)27-36/h29-30,50-53H,2-27H2,1H3,(H,38,45)(H,39,46)(H,40,47). The minimum absolute atomic E-state index is 0.0395. The van der Waals surface area contributed by atoms with Crippen molar-refractivity contribution < 1.29 is 49.5 Å². The first kappa shape index (κ1) is 44.1. The fourth-order valence-corrected chi connectivity index (χ4v) is 8.67. The quantitative estimate of drug-likeness (QED) is 0.0388. The lowest BCUT2D eigenvalue weighted by Crippen LogP contribution is -2.56. The van der Waals surface area contributed by atoms with Crippen LogP contribution in [0.15, 0.2) is 0 Å². The molecule has 6 amide bonds. The van der Waals surface area contributed by atoms with Gasteiger partial charge in [-0.15, -0.1) is 0 Å². The maximum absolute atomic E-state index is 12.7. The molecule has 0 saturated heterocycles. The van der Waals surface area contributed by atoms with Crippen molar-refractivity contribution in [1.29, 1.82) is 0 Å². The first-order valence-electron chi connectivity index (χ1n) is 19.7. The smallest absolute Gasteiger partial charge is 0.246 e. The van der Waals surface area contributed by atoms with Crippen molar-refractivity contribution >= 4 is 35.4 Å². The van der Waals surface area contributed by atoms with E-state index in [1.54, 1.807) is 0 Å². The van der Waals surface area contributed by atoms with Crippen LogP contribution in [-0.4, -0.2) is 116 Å². The van der Waals surface area contributed by atoms with Crippen LogP contribution in [-0.2, 0) is 28.8 Å². The highest BCUT2D eigenvalue weighted by Gasteiger charge is 2.57. The van der Waals surface area contributed by atoms with Gasteiger partial charge in [-0.2, -0.15) is 0 Å². The third-order valence-electron chi connectivity index (χ3n) is 10.9.